The summed E-state index contributed by atoms with van der Waals surface area (Å²) in [7, 11) is 3.46. The highest BCUT2D eigenvalue weighted by atomic mass is 16.7. The Morgan fingerprint density at radius 3 is 2.41 bits per heavy atom. The fourth-order valence-electron chi connectivity index (χ4n) is 7.58. The number of nitrogens with one attached hydrogen (secondary N) is 1. The summed E-state index contributed by atoms with van der Waals surface area (Å²) in [4.78, 5) is 33.8. The van der Waals surface area contributed by atoms with Crippen LogP contribution in [0.5, 0.6) is 0 Å². The number of hydroxylamine groups is 2. The van der Waals surface area contributed by atoms with E-state index in [2.05, 4.69) is 26.1 Å². The van der Waals surface area contributed by atoms with E-state index in [0.717, 1.165) is 23.1 Å². The van der Waals surface area contributed by atoms with Crippen molar-refractivity contribution in [3.05, 3.63) is 59.7 Å². The van der Waals surface area contributed by atoms with Crippen LogP contribution in [0.3, 0.4) is 0 Å². The standard InChI is InChI=1S/C33H45N3O5/c1-19-26-15-25(33(26,3)4)16-27(19)34-31(39)30-29(20(2)38)28(18-37)41-36(30)17-21-8-7-9-24(14-21)22-10-12-23(13-11-22)32(40)35(5)6/h7-14,19-20,25-30,37-38H,15-18H2,1-6H3,(H,34,39)/t19-,20-,25-,26+,27-,28-,29+,30-/m0/s1. The average Bonchev–Trinajstić information content (AvgIpc) is 3.32. The summed E-state index contributed by atoms with van der Waals surface area (Å²) in [6, 6.07) is 14.9. The number of rotatable bonds is 8. The van der Waals surface area contributed by atoms with Crippen LogP contribution in [0.4, 0.5) is 0 Å². The smallest absolute Gasteiger partial charge is 0.253 e. The van der Waals surface area contributed by atoms with Gasteiger partial charge >= 0.3 is 0 Å². The summed E-state index contributed by atoms with van der Waals surface area (Å²) in [5, 5.41) is 25.8. The summed E-state index contributed by atoms with van der Waals surface area (Å²) in [5.41, 5.74) is 3.84. The Labute approximate surface area is 243 Å². The van der Waals surface area contributed by atoms with Crippen LogP contribution in [0.25, 0.3) is 11.1 Å². The van der Waals surface area contributed by atoms with Gasteiger partial charge in [0, 0.05) is 31.6 Å². The SMILES string of the molecule is C[C@@H]1[C@@H](NC(=O)[C@@H]2[C@H]([C@H](C)O)[C@H](CO)ON2Cc2cccc(-c3ccc(C(=O)N(C)C)cc3)c2)C[C@@H]2C[C@H]1C2(C)C. The maximum absolute atomic E-state index is 13.9. The van der Waals surface area contributed by atoms with Crippen molar-refractivity contribution in [2.24, 2.45) is 29.1 Å². The van der Waals surface area contributed by atoms with Crippen LogP contribution >= 0.6 is 0 Å². The van der Waals surface area contributed by atoms with E-state index in [0.29, 0.717) is 35.3 Å². The van der Waals surface area contributed by atoms with Crippen LogP contribution in [-0.4, -0.2) is 77.0 Å². The summed E-state index contributed by atoms with van der Waals surface area (Å²) in [6.45, 7) is 8.62. The highest BCUT2D eigenvalue weighted by Gasteiger charge is 2.57. The van der Waals surface area contributed by atoms with Gasteiger partial charge in [0.05, 0.1) is 19.3 Å². The van der Waals surface area contributed by atoms with Gasteiger partial charge in [-0.05, 0) is 77.8 Å². The molecular weight excluding hydrogens is 518 g/mol. The molecule has 1 heterocycles. The first-order valence-electron chi connectivity index (χ1n) is 14.9. The lowest BCUT2D eigenvalue weighted by Crippen LogP contribution is -2.62. The molecule has 8 atom stereocenters. The molecule has 0 spiro atoms. The second-order valence-corrected chi connectivity index (χ2v) is 13.2. The highest BCUT2D eigenvalue weighted by Crippen LogP contribution is 2.61. The molecular formula is C33H45N3O5. The van der Waals surface area contributed by atoms with Crippen LogP contribution in [0, 0.1) is 29.1 Å². The summed E-state index contributed by atoms with van der Waals surface area (Å²) < 4.78 is 0. The second kappa shape index (κ2) is 11.5. The van der Waals surface area contributed by atoms with Crippen molar-refractivity contribution in [1.82, 2.24) is 15.3 Å². The Morgan fingerprint density at radius 2 is 1.83 bits per heavy atom. The van der Waals surface area contributed by atoms with Gasteiger partial charge in [-0.1, -0.05) is 51.1 Å². The Balaban J connectivity index is 1.34. The summed E-state index contributed by atoms with van der Waals surface area (Å²) in [5.74, 6) is 0.827. The predicted octanol–water partition coefficient (Wildman–Crippen LogP) is 3.72. The van der Waals surface area contributed by atoms with Crippen molar-refractivity contribution >= 4 is 11.8 Å². The monoisotopic (exact) mass is 563 g/mol. The lowest BCUT2D eigenvalue weighted by molar-refractivity contribution is -0.183. The first-order valence-corrected chi connectivity index (χ1v) is 14.9. The van der Waals surface area contributed by atoms with Crippen LogP contribution in [0.1, 0.15) is 56.5 Å². The lowest BCUT2D eigenvalue weighted by atomic mass is 9.45. The second-order valence-electron chi connectivity index (χ2n) is 13.2. The molecule has 2 aromatic rings. The Hall–Kier alpha value is -2.78. The minimum atomic E-state index is -0.834. The van der Waals surface area contributed by atoms with Crippen molar-refractivity contribution in [3.63, 3.8) is 0 Å². The third-order valence-electron chi connectivity index (χ3n) is 10.2. The van der Waals surface area contributed by atoms with Gasteiger partial charge in [0.1, 0.15) is 12.1 Å². The number of aliphatic hydroxyl groups is 2. The van der Waals surface area contributed by atoms with Crippen molar-refractivity contribution in [1.29, 1.82) is 0 Å². The molecule has 2 bridgehead atoms. The maximum atomic E-state index is 13.9. The van der Waals surface area contributed by atoms with E-state index in [9.17, 15) is 19.8 Å². The quantitative estimate of drug-likeness (QED) is 0.453. The van der Waals surface area contributed by atoms with E-state index >= 15 is 0 Å². The van der Waals surface area contributed by atoms with Gasteiger partial charge in [-0.15, -0.1) is 0 Å². The fourth-order valence-corrected chi connectivity index (χ4v) is 7.58. The minimum absolute atomic E-state index is 0.0460. The molecule has 2 aromatic carbocycles. The molecule has 222 valence electrons. The topological polar surface area (TPSA) is 102 Å². The zero-order chi connectivity index (χ0) is 29.6. The number of hydrogen-bond acceptors (Lipinski definition) is 6. The normalized spacial score (nSPS) is 31.3. The molecule has 3 N–H and O–H groups in total. The highest BCUT2D eigenvalue weighted by molar-refractivity contribution is 5.94. The van der Waals surface area contributed by atoms with E-state index in [4.69, 9.17) is 4.84 Å². The third-order valence-corrected chi connectivity index (χ3v) is 10.2. The van der Waals surface area contributed by atoms with Gasteiger partial charge in [-0.25, -0.2) is 0 Å². The number of benzene rings is 2. The van der Waals surface area contributed by atoms with Crippen molar-refractivity contribution in [2.45, 2.75) is 71.4 Å². The lowest BCUT2D eigenvalue weighted by Gasteiger charge is -2.62. The van der Waals surface area contributed by atoms with Crippen LogP contribution in [0.15, 0.2) is 48.5 Å². The predicted molar refractivity (Wildman–Crippen MR) is 157 cm³/mol. The zero-order valence-electron chi connectivity index (χ0n) is 25.1. The van der Waals surface area contributed by atoms with Gasteiger partial charge in [-0.3, -0.25) is 14.4 Å². The maximum Gasteiger partial charge on any atom is 0.253 e. The number of carbonyl (C=O) groups is 2. The van der Waals surface area contributed by atoms with Gasteiger partial charge in [0.2, 0.25) is 5.91 Å². The number of carbonyl (C=O) groups excluding carboxylic acids is 2. The van der Waals surface area contributed by atoms with E-state index in [1.165, 1.54) is 6.42 Å². The van der Waals surface area contributed by atoms with Crippen molar-refractivity contribution in [3.8, 4) is 11.1 Å². The zero-order valence-corrected chi connectivity index (χ0v) is 25.1. The number of fused-ring (bicyclic) bond motifs is 2. The molecule has 0 aromatic heterocycles. The molecule has 0 radical (unpaired) electrons. The van der Waals surface area contributed by atoms with Crippen LogP contribution in [0.2, 0.25) is 0 Å². The molecule has 6 rings (SSSR count). The van der Waals surface area contributed by atoms with E-state index in [1.54, 1.807) is 31.0 Å². The van der Waals surface area contributed by atoms with Gasteiger partial charge < -0.3 is 20.4 Å². The molecule has 2 amide bonds. The number of nitrogens with zero attached hydrogens (tertiary/aromatic N) is 2. The minimum Gasteiger partial charge on any atom is -0.394 e. The van der Waals surface area contributed by atoms with E-state index < -0.39 is 24.2 Å². The van der Waals surface area contributed by atoms with Gasteiger partial charge in [0.25, 0.3) is 5.91 Å². The molecule has 1 saturated heterocycles. The summed E-state index contributed by atoms with van der Waals surface area (Å²) in [6.07, 6.45) is 0.687. The fraction of sp³-hybridized carbons (Fsp3) is 0.576. The number of hydrogen-bond donors (Lipinski definition) is 3. The molecule has 41 heavy (non-hydrogen) atoms. The molecule has 0 unspecified atom stereocenters. The molecule has 8 nitrogen and oxygen atoms in total. The van der Waals surface area contributed by atoms with Gasteiger partial charge in [0.15, 0.2) is 0 Å². The van der Waals surface area contributed by atoms with Crippen molar-refractivity contribution < 1.29 is 24.6 Å². The Bertz CT molecular complexity index is 1260. The third kappa shape index (κ3) is 5.55. The molecule has 3 saturated carbocycles. The first kappa shape index (κ1) is 29.7. The molecule has 1 aliphatic heterocycles. The van der Waals surface area contributed by atoms with Gasteiger partial charge in [-0.2, -0.15) is 5.06 Å². The summed E-state index contributed by atoms with van der Waals surface area (Å²) >= 11 is 0. The largest absolute Gasteiger partial charge is 0.394 e. The first-order chi connectivity index (χ1) is 19.4. The number of aliphatic hydroxyl groups excluding tert-OH is 2. The molecule has 4 aliphatic rings. The Kier molecular flexibility index (Phi) is 8.32. The molecule has 4 fully saturated rings. The van der Waals surface area contributed by atoms with E-state index in [-0.39, 0.29) is 24.5 Å². The molecule has 8 heteroatoms. The Morgan fingerprint density at radius 1 is 1.12 bits per heavy atom. The van der Waals surface area contributed by atoms with Crippen molar-refractivity contribution in [2.75, 3.05) is 20.7 Å². The van der Waals surface area contributed by atoms with Crippen LogP contribution in [-0.2, 0) is 16.2 Å². The number of amides is 2. The van der Waals surface area contributed by atoms with E-state index in [1.807, 2.05) is 48.5 Å². The molecule has 3 aliphatic carbocycles. The van der Waals surface area contributed by atoms with Crippen LogP contribution < -0.4 is 5.32 Å². The average molecular weight is 564 g/mol.